The summed E-state index contributed by atoms with van der Waals surface area (Å²) in [5, 5.41) is 22.6. The molecule has 6 amide bonds. The van der Waals surface area contributed by atoms with Crippen LogP contribution >= 0.6 is 34.8 Å². The molecule has 95 heavy (non-hydrogen) atoms. The highest BCUT2D eigenvalue weighted by Gasteiger charge is 2.52. The molecule has 500 valence electrons. The van der Waals surface area contributed by atoms with Crippen LogP contribution in [0.15, 0.2) is 158 Å². The molecule has 14 N–H and O–H groups in total. The Hall–Kier alpha value is -8.08. The number of nitrogens with two attached hydrogens (primary N) is 5. The zero-order valence-corrected chi connectivity index (χ0v) is 55.5. The van der Waals surface area contributed by atoms with E-state index in [2.05, 4.69) is 20.9 Å². The molecular weight excluding hydrogens is 1260 g/mol. The Morgan fingerprint density at radius 3 is 1.27 bits per heavy atom. The number of fused-ring (bicyclic) bond motifs is 3. The van der Waals surface area contributed by atoms with Crippen molar-refractivity contribution in [1.29, 1.82) is 0 Å². The second-order valence-corrected chi connectivity index (χ2v) is 25.6. The van der Waals surface area contributed by atoms with Crippen molar-refractivity contribution < 1.29 is 33.9 Å². The van der Waals surface area contributed by atoms with Crippen LogP contribution in [0.2, 0.25) is 15.1 Å². The predicted octanol–water partition coefficient (Wildman–Crippen LogP) is 6.80. The predicted molar refractivity (Wildman–Crippen MR) is 371 cm³/mol. The Morgan fingerprint density at radius 1 is 0.484 bits per heavy atom. The van der Waals surface area contributed by atoms with E-state index in [-0.39, 0.29) is 29.5 Å². The van der Waals surface area contributed by atoms with Crippen LogP contribution < -0.4 is 44.6 Å². The summed E-state index contributed by atoms with van der Waals surface area (Å²) in [5.41, 5.74) is 38.1. The van der Waals surface area contributed by atoms with E-state index in [0.29, 0.717) is 143 Å². The summed E-state index contributed by atoms with van der Waals surface area (Å²) in [4.78, 5) is 87.7. The lowest BCUT2D eigenvalue weighted by molar-refractivity contribution is -0.151. The highest BCUT2D eigenvalue weighted by Crippen LogP contribution is 2.49. The molecule has 0 bridgehead atoms. The van der Waals surface area contributed by atoms with Gasteiger partial charge in [0, 0.05) is 83.8 Å². The van der Waals surface area contributed by atoms with Crippen LogP contribution in [0.5, 0.6) is 0 Å². The molecule has 3 saturated heterocycles. The summed E-state index contributed by atoms with van der Waals surface area (Å²) < 4.78 is 0. The van der Waals surface area contributed by atoms with E-state index in [4.69, 9.17) is 63.5 Å². The smallest absolute Gasteiger partial charge is 0.264 e. The average Bonchev–Trinajstić information content (AvgIpc) is 1.57. The molecule has 0 radical (unpaired) electrons. The number of benzene rings is 6. The first kappa shape index (κ1) is 71.2. The van der Waals surface area contributed by atoms with Crippen molar-refractivity contribution in [3.63, 3.8) is 0 Å². The lowest BCUT2D eigenvalue weighted by Gasteiger charge is -2.33. The monoisotopic (exact) mass is 1350 g/mol. The minimum absolute atomic E-state index is 0.161. The maximum Gasteiger partial charge on any atom is 0.264 e. The minimum atomic E-state index is -1.82. The summed E-state index contributed by atoms with van der Waals surface area (Å²) in [6.07, 6.45) is 8.64. The fourth-order valence-electron chi connectivity index (χ4n) is 13.1. The second kappa shape index (κ2) is 34.0. The van der Waals surface area contributed by atoms with Crippen LogP contribution in [0.25, 0.3) is 11.1 Å². The molecule has 3 aliphatic heterocycles. The Kier molecular flexibility index (Phi) is 25.5. The number of pyridine rings is 1. The van der Waals surface area contributed by atoms with Gasteiger partial charge in [-0.05, 0) is 182 Å². The van der Waals surface area contributed by atoms with Crippen molar-refractivity contribution in [2.45, 2.75) is 126 Å². The quantitative estimate of drug-likeness (QED) is 0.0338. The zero-order chi connectivity index (χ0) is 67.6. The van der Waals surface area contributed by atoms with Crippen LogP contribution in [0.4, 0.5) is 0 Å². The number of carbonyl (C=O) groups is 6. The number of halogens is 3. The largest absolute Gasteiger partial charge is 0.372 e. The van der Waals surface area contributed by atoms with Crippen LogP contribution in [0, 0.1) is 0 Å². The highest BCUT2D eigenvalue weighted by atomic mass is 35.5. The summed E-state index contributed by atoms with van der Waals surface area (Å²) in [6.45, 7) is 4.01. The second-order valence-electron chi connectivity index (χ2n) is 24.3. The topological polar surface area (TPSA) is 311 Å². The Balaban J connectivity index is 0.000000168. The molecular formula is C73H85Cl3N12O7. The van der Waals surface area contributed by atoms with Crippen molar-refractivity contribution in [2.24, 2.45) is 28.7 Å². The van der Waals surface area contributed by atoms with Gasteiger partial charge in [-0.25, -0.2) is 0 Å². The molecule has 1 aliphatic carbocycles. The molecule has 3 fully saturated rings. The first-order valence-corrected chi connectivity index (χ1v) is 33.6. The van der Waals surface area contributed by atoms with Crippen LogP contribution in [0.1, 0.15) is 94.3 Å². The number of aromatic nitrogens is 1. The molecule has 11 rings (SSSR count). The highest BCUT2D eigenvalue weighted by molar-refractivity contribution is 6.31. The number of hydrogen-bond donors (Lipinski definition) is 9. The van der Waals surface area contributed by atoms with Gasteiger partial charge in [-0.1, -0.05) is 138 Å². The molecule has 4 aliphatic rings. The van der Waals surface area contributed by atoms with Gasteiger partial charge in [0.15, 0.2) is 5.60 Å². The van der Waals surface area contributed by atoms with Crippen LogP contribution in [-0.4, -0.2) is 130 Å². The van der Waals surface area contributed by atoms with Gasteiger partial charge in [-0.3, -0.25) is 33.8 Å². The van der Waals surface area contributed by atoms with Gasteiger partial charge in [-0.2, -0.15) is 0 Å². The normalized spacial score (nSPS) is 17.3. The van der Waals surface area contributed by atoms with E-state index in [1.165, 1.54) is 4.90 Å². The molecule has 7 aromatic rings. The van der Waals surface area contributed by atoms with Gasteiger partial charge in [0.25, 0.3) is 5.91 Å². The molecule has 22 heteroatoms. The summed E-state index contributed by atoms with van der Waals surface area (Å²) >= 11 is 18.4. The van der Waals surface area contributed by atoms with Crippen LogP contribution in [-0.2, 0) is 86.1 Å². The number of amides is 6. The van der Waals surface area contributed by atoms with Crippen molar-refractivity contribution in [2.75, 3.05) is 39.3 Å². The Morgan fingerprint density at radius 2 is 0.863 bits per heavy atom. The lowest BCUT2D eigenvalue weighted by Crippen LogP contribution is -2.52. The molecule has 1 aromatic heterocycles. The van der Waals surface area contributed by atoms with Gasteiger partial charge in [0.1, 0.15) is 18.1 Å². The first-order valence-electron chi connectivity index (χ1n) is 32.5. The van der Waals surface area contributed by atoms with Gasteiger partial charge < -0.3 is 64.4 Å². The number of nitrogens with one attached hydrogen (secondary N) is 3. The Labute approximate surface area is 570 Å². The third-order valence-electron chi connectivity index (χ3n) is 17.9. The third kappa shape index (κ3) is 17.7. The van der Waals surface area contributed by atoms with E-state index >= 15 is 0 Å². The first-order chi connectivity index (χ1) is 45.9. The summed E-state index contributed by atoms with van der Waals surface area (Å²) in [5.74, 6) is -1.43. The van der Waals surface area contributed by atoms with Crippen molar-refractivity contribution in [1.82, 2.24) is 35.6 Å². The third-order valence-corrected chi connectivity index (χ3v) is 18.6. The fraction of sp³-hybridized carbons (Fsp3) is 0.356. The van der Waals surface area contributed by atoms with Crippen molar-refractivity contribution in [3.05, 3.63) is 229 Å². The fourth-order valence-corrected chi connectivity index (χ4v) is 13.7. The van der Waals surface area contributed by atoms with Crippen LogP contribution in [0.3, 0.4) is 0 Å². The lowest BCUT2D eigenvalue weighted by atomic mass is 9.89. The standard InChI is InChI=1S/C28H28ClN3O3.C23H29ClN4O2.C22H28ClN5O2/c29-20-12-11-18(13-14-30)19(16-20)17-31-26(33)25-10-5-15-32(25)27(34)28(35)23-8-3-1-6-21(23)22-7-2-4-9-24(22)28;24-19-9-8-17(10-11-25)18(14-19)15-27-22(29)21-7-4-12-28(21)23(30)20(26)13-16-5-2-1-3-6-16;23-17-7-6-15(8-9-24)16(12-17)14-27-21(29)20-5-3-11-28(20)22(30)19(25)13-18-4-1-2-10-26-18/h1-4,6-9,11-12,16,25,35H,5,10,13-15,17,30H2,(H,31,33);1-3,5-6,8-9,14,20-21H,4,7,10-13,15,25-26H2,(H,27,29);1-2,4,6-7,10,12,19-20H,3,5,8-9,11,13-14,24-25H2,(H,27,29). The molecule has 4 heterocycles. The SMILES string of the molecule is NCCc1ccc(Cl)cc1CNC(=O)C1CCCN1C(=O)C(N)Cc1ccccc1.NCCc1ccc(Cl)cc1CNC(=O)C1CCCN1C(=O)C(N)Cc1ccccn1.NCCc1ccc(Cl)cc1CNC(=O)C1CCCN1C(=O)C1(O)c2ccccc2-c2ccccc21. The zero-order valence-electron chi connectivity index (χ0n) is 53.2. The van der Waals surface area contributed by atoms with Crippen molar-refractivity contribution >= 4 is 70.2 Å². The molecule has 0 spiro atoms. The number of rotatable bonds is 22. The summed E-state index contributed by atoms with van der Waals surface area (Å²) in [7, 11) is 0. The van der Waals surface area contributed by atoms with Gasteiger partial charge >= 0.3 is 0 Å². The number of carbonyl (C=O) groups excluding carboxylic acids is 6. The molecule has 0 saturated carbocycles. The van der Waals surface area contributed by atoms with E-state index in [9.17, 15) is 33.9 Å². The van der Waals surface area contributed by atoms with E-state index in [1.807, 2.05) is 140 Å². The van der Waals surface area contributed by atoms with Gasteiger partial charge in [-0.15, -0.1) is 0 Å². The summed E-state index contributed by atoms with van der Waals surface area (Å²) in [6, 6.07) is 43.8. The maximum atomic E-state index is 13.9. The van der Waals surface area contributed by atoms with E-state index in [1.54, 1.807) is 28.1 Å². The molecule has 19 nitrogen and oxygen atoms in total. The van der Waals surface area contributed by atoms with Gasteiger partial charge in [0.05, 0.1) is 12.1 Å². The van der Waals surface area contributed by atoms with Gasteiger partial charge in [0.2, 0.25) is 29.5 Å². The Bertz CT molecular complexity index is 3620. The molecule has 5 atom stereocenters. The molecule has 5 unspecified atom stereocenters. The minimum Gasteiger partial charge on any atom is -0.372 e. The maximum absolute atomic E-state index is 13.9. The number of hydrogen-bond acceptors (Lipinski definition) is 13. The average molecular weight is 1350 g/mol. The van der Waals surface area contributed by atoms with E-state index < -0.39 is 41.7 Å². The van der Waals surface area contributed by atoms with Crippen molar-refractivity contribution in [3.8, 4) is 11.1 Å². The number of aliphatic hydroxyl groups is 1. The number of likely N-dealkylation sites (tertiary alicyclic amines) is 3. The van der Waals surface area contributed by atoms with E-state index in [0.717, 1.165) is 68.6 Å². The number of nitrogens with zero attached hydrogens (tertiary/aromatic N) is 4. The molecule has 6 aromatic carbocycles.